The summed E-state index contributed by atoms with van der Waals surface area (Å²) in [4.78, 5) is 0. The summed E-state index contributed by atoms with van der Waals surface area (Å²) in [6.45, 7) is -1.19. The maximum absolute atomic E-state index is 12.1. The van der Waals surface area contributed by atoms with Gasteiger partial charge in [-0.1, -0.05) is 0 Å². The van der Waals surface area contributed by atoms with Crippen LogP contribution in [0.5, 0.6) is 0 Å². The Bertz CT molecular complexity index is 120. The molecule has 0 aromatic rings. The molecule has 0 fully saturated rings. The van der Waals surface area contributed by atoms with Gasteiger partial charge < -0.3 is 4.74 Å². The number of thiol groups is 1. The summed E-state index contributed by atoms with van der Waals surface area (Å²) < 4.78 is 51.4. The third-order valence-electron chi connectivity index (χ3n) is 1.06. The maximum atomic E-state index is 12.1. The molecule has 1 nitrogen and oxygen atoms in total. The molecule has 0 spiro atoms. The summed E-state index contributed by atoms with van der Waals surface area (Å²) in [6.07, 6.45) is -3.18. The Kier molecular flexibility index (Phi) is 5.65. The first-order chi connectivity index (χ1) is 5.50. The van der Waals surface area contributed by atoms with E-state index in [1.165, 1.54) is 0 Å². The molecule has 0 saturated heterocycles. The summed E-state index contributed by atoms with van der Waals surface area (Å²) in [5, 5.41) is 0. The summed E-state index contributed by atoms with van der Waals surface area (Å²) in [5.41, 5.74) is 0. The molecule has 0 aromatic heterocycles. The van der Waals surface area contributed by atoms with Gasteiger partial charge in [0.1, 0.15) is 6.61 Å². The van der Waals surface area contributed by atoms with Gasteiger partial charge in [0.15, 0.2) is 0 Å². The van der Waals surface area contributed by atoms with E-state index >= 15 is 0 Å². The van der Waals surface area contributed by atoms with E-state index in [-0.39, 0.29) is 6.61 Å². The van der Waals surface area contributed by atoms with E-state index in [1.54, 1.807) is 0 Å². The molecule has 0 heterocycles. The summed E-state index contributed by atoms with van der Waals surface area (Å²) in [7, 11) is 0. The minimum Gasteiger partial charge on any atom is -0.375 e. The van der Waals surface area contributed by atoms with Crippen molar-refractivity contribution < 1.29 is 22.3 Å². The van der Waals surface area contributed by atoms with Crippen molar-refractivity contribution in [1.29, 1.82) is 0 Å². The SMILES string of the molecule is FC(F)C(F)(F)COCCCS. The Balaban J connectivity index is 3.47. The molecule has 12 heavy (non-hydrogen) atoms. The minimum absolute atomic E-state index is 0.0335. The third kappa shape index (κ3) is 4.82. The van der Waals surface area contributed by atoms with Gasteiger partial charge >= 0.3 is 12.3 Å². The van der Waals surface area contributed by atoms with Gasteiger partial charge in [-0.05, 0) is 12.2 Å². The van der Waals surface area contributed by atoms with Crippen molar-refractivity contribution in [3.05, 3.63) is 0 Å². The first kappa shape index (κ1) is 12.0. The number of ether oxygens (including phenoxy) is 1. The van der Waals surface area contributed by atoms with Gasteiger partial charge in [0.25, 0.3) is 0 Å². The first-order valence-electron chi connectivity index (χ1n) is 3.35. The van der Waals surface area contributed by atoms with Crippen LogP contribution in [0.1, 0.15) is 6.42 Å². The topological polar surface area (TPSA) is 9.23 Å². The first-order valence-corrected chi connectivity index (χ1v) is 3.98. The Morgan fingerprint density at radius 1 is 1.33 bits per heavy atom. The molecular weight excluding hydrogens is 196 g/mol. The van der Waals surface area contributed by atoms with E-state index in [2.05, 4.69) is 17.4 Å². The Labute approximate surface area is 73.5 Å². The second-order valence-corrected chi connectivity index (χ2v) is 2.64. The predicted molar refractivity (Wildman–Crippen MR) is 40.2 cm³/mol. The molecule has 74 valence electrons. The Morgan fingerprint density at radius 3 is 2.33 bits per heavy atom. The lowest BCUT2D eigenvalue weighted by molar-refractivity contribution is -0.165. The van der Waals surface area contributed by atoms with Gasteiger partial charge in [0, 0.05) is 6.61 Å². The van der Waals surface area contributed by atoms with Crippen molar-refractivity contribution in [3.8, 4) is 0 Å². The molecule has 0 unspecified atom stereocenters. The highest BCUT2D eigenvalue weighted by Crippen LogP contribution is 2.22. The zero-order valence-electron chi connectivity index (χ0n) is 6.27. The summed E-state index contributed by atoms with van der Waals surface area (Å²) >= 11 is 3.79. The van der Waals surface area contributed by atoms with Crippen LogP contribution in [-0.4, -0.2) is 31.3 Å². The smallest absolute Gasteiger partial charge is 0.330 e. The van der Waals surface area contributed by atoms with Gasteiger partial charge in [-0.3, -0.25) is 0 Å². The van der Waals surface area contributed by atoms with Crippen LogP contribution >= 0.6 is 12.6 Å². The molecule has 0 atom stereocenters. The third-order valence-corrected chi connectivity index (χ3v) is 1.38. The molecule has 0 amide bonds. The number of halogens is 4. The second kappa shape index (κ2) is 5.64. The van der Waals surface area contributed by atoms with Crippen molar-refractivity contribution in [3.63, 3.8) is 0 Å². The van der Waals surface area contributed by atoms with E-state index in [4.69, 9.17) is 0 Å². The van der Waals surface area contributed by atoms with Crippen molar-refractivity contribution in [2.75, 3.05) is 19.0 Å². The minimum atomic E-state index is -4.03. The van der Waals surface area contributed by atoms with E-state index in [0.717, 1.165) is 0 Å². The van der Waals surface area contributed by atoms with Crippen molar-refractivity contribution in [2.45, 2.75) is 18.8 Å². The van der Waals surface area contributed by atoms with Gasteiger partial charge in [-0.15, -0.1) is 0 Å². The molecule has 0 aliphatic carbocycles. The fraction of sp³-hybridized carbons (Fsp3) is 1.00. The molecular formula is C6H10F4OS. The number of hydrogen-bond donors (Lipinski definition) is 1. The zero-order chi connectivity index (χ0) is 9.61. The normalized spacial score (nSPS) is 12.5. The van der Waals surface area contributed by atoms with Gasteiger partial charge in [-0.2, -0.15) is 21.4 Å². The van der Waals surface area contributed by atoms with Crippen molar-refractivity contribution in [1.82, 2.24) is 0 Å². The van der Waals surface area contributed by atoms with E-state index in [9.17, 15) is 17.6 Å². The number of hydrogen-bond acceptors (Lipinski definition) is 2. The van der Waals surface area contributed by atoms with E-state index < -0.39 is 19.0 Å². The van der Waals surface area contributed by atoms with Gasteiger partial charge in [-0.25, -0.2) is 8.78 Å². The molecule has 0 aliphatic heterocycles. The summed E-state index contributed by atoms with van der Waals surface area (Å²) in [5.74, 6) is -3.54. The standard InChI is InChI=1S/C6H10F4OS/c7-5(8)6(9,10)4-11-2-1-3-12/h5,12H,1-4H2. The molecule has 0 aromatic carbocycles. The fourth-order valence-corrected chi connectivity index (χ4v) is 0.567. The van der Waals surface area contributed by atoms with Crippen LogP contribution in [0, 0.1) is 0 Å². The van der Waals surface area contributed by atoms with Gasteiger partial charge in [0.2, 0.25) is 0 Å². The molecule has 0 N–H and O–H groups in total. The maximum Gasteiger partial charge on any atom is 0.330 e. The van der Waals surface area contributed by atoms with Crippen LogP contribution in [0.15, 0.2) is 0 Å². The predicted octanol–water partition coefficient (Wildman–Crippen LogP) is 2.22. The summed E-state index contributed by atoms with van der Waals surface area (Å²) in [6, 6.07) is 0. The average molecular weight is 206 g/mol. The highest BCUT2D eigenvalue weighted by molar-refractivity contribution is 7.80. The highest BCUT2D eigenvalue weighted by atomic mass is 32.1. The van der Waals surface area contributed by atoms with E-state index in [1.807, 2.05) is 0 Å². The lowest BCUT2D eigenvalue weighted by Gasteiger charge is -2.14. The molecule has 0 rings (SSSR count). The Hall–Kier alpha value is 0.0300. The molecule has 0 bridgehead atoms. The average Bonchev–Trinajstić information content (AvgIpc) is 1.98. The number of alkyl halides is 4. The van der Waals surface area contributed by atoms with Crippen LogP contribution in [-0.2, 0) is 4.74 Å². The Morgan fingerprint density at radius 2 is 1.92 bits per heavy atom. The van der Waals surface area contributed by atoms with Gasteiger partial charge in [0.05, 0.1) is 0 Å². The fourth-order valence-electron chi connectivity index (χ4n) is 0.438. The van der Waals surface area contributed by atoms with Crippen LogP contribution in [0.25, 0.3) is 0 Å². The van der Waals surface area contributed by atoms with Crippen molar-refractivity contribution >= 4 is 12.6 Å². The zero-order valence-corrected chi connectivity index (χ0v) is 7.17. The van der Waals surface area contributed by atoms with Crippen molar-refractivity contribution in [2.24, 2.45) is 0 Å². The monoisotopic (exact) mass is 206 g/mol. The molecule has 0 radical (unpaired) electrons. The lowest BCUT2D eigenvalue weighted by atomic mass is 10.4. The van der Waals surface area contributed by atoms with E-state index in [0.29, 0.717) is 12.2 Å². The highest BCUT2D eigenvalue weighted by Gasteiger charge is 2.40. The van der Waals surface area contributed by atoms with Crippen LogP contribution in [0.4, 0.5) is 17.6 Å². The lowest BCUT2D eigenvalue weighted by Crippen LogP contribution is -2.32. The largest absolute Gasteiger partial charge is 0.375 e. The van der Waals surface area contributed by atoms with Crippen LogP contribution in [0.3, 0.4) is 0 Å². The number of rotatable bonds is 6. The second-order valence-electron chi connectivity index (χ2n) is 2.19. The molecule has 6 heteroatoms. The van der Waals surface area contributed by atoms with Crippen LogP contribution in [0.2, 0.25) is 0 Å². The molecule has 0 saturated carbocycles. The molecule has 0 aliphatic rings. The quantitative estimate of drug-likeness (QED) is 0.398. The van der Waals surface area contributed by atoms with Crippen LogP contribution < -0.4 is 0 Å².